The van der Waals surface area contributed by atoms with Crippen molar-refractivity contribution < 1.29 is 36.5 Å². The normalized spacial score (nSPS) is 13.2. The van der Waals surface area contributed by atoms with Gasteiger partial charge in [-0.2, -0.15) is 0 Å². The van der Waals surface area contributed by atoms with E-state index in [1.54, 1.807) is 48.7 Å². The summed E-state index contributed by atoms with van der Waals surface area (Å²) in [4.78, 5) is 19.6. The molecule has 0 aliphatic carbocycles. The topological polar surface area (TPSA) is 143 Å². The molecule has 1 heterocycles. The van der Waals surface area contributed by atoms with Crippen molar-refractivity contribution >= 4 is 17.7 Å². The summed E-state index contributed by atoms with van der Waals surface area (Å²) in [7, 11) is -10.7. The standard InChI is InChI=1S/C20H21O8PS/c21-29(22,23)20(30(24,25)26)8-2-5-15-4-1-6-18(14-15)28-17-11-9-16(10-12-17)19-7-3-13-27-19/h1,3-4,6-7,9-14,20H,2,5,8H2,(H2,21,22,23)(H,24,25,26)/p-3. The van der Waals surface area contributed by atoms with E-state index in [2.05, 4.69) is 0 Å². The number of rotatable bonds is 9. The van der Waals surface area contributed by atoms with Gasteiger partial charge in [-0.3, -0.25) is 0 Å². The second-order valence-corrected chi connectivity index (χ2v) is 10.2. The fourth-order valence-electron chi connectivity index (χ4n) is 2.97. The predicted molar refractivity (Wildman–Crippen MR) is 105 cm³/mol. The molecule has 0 spiro atoms. The quantitative estimate of drug-likeness (QED) is 0.358. The van der Waals surface area contributed by atoms with Crippen LogP contribution in [0.3, 0.4) is 0 Å². The van der Waals surface area contributed by atoms with E-state index in [1.165, 1.54) is 0 Å². The summed E-state index contributed by atoms with van der Waals surface area (Å²) in [5.74, 6) is 1.87. The Morgan fingerprint density at radius 2 is 1.73 bits per heavy atom. The maximum absolute atomic E-state index is 11.0. The third-order valence-corrected chi connectivity index (χ3v) is 7.81. The number of hydrogen-bond donors (Lipinski definition) is 0. The van der Waals surface area contributed by atoms with Crippen molar-refractivity contribution in [3.05, 3.63) is 72.5 Å². The monoisotopic (exact) mass is 449 g/mol. The number of hydrogen-bond acceptors (Lipinski definition) is 8. The molecule has 0 radical (unpaired) electrons. The van der Waals surface area contributed by atoms with Crippen LogP contribution in [0, 0.1) is 0 Å². The Morgan fingerprint density at radius 3 is 2.33 bits per heavy atom. The Kier molecular flexibility index (Phi) is 6.80. The lowest BCUT2D eigenvalue weighted by Gasteiger charge is -2.39. The Bertz CT molecular complexity index is 1120. The van der Waals surface area contributed by atoms with Crippen LogP contribution in [0.15, 0.2) is 71.3 Å². The lowest BCUT2D eigenvalue weighted by molar-refractivity contribution is -0.314. The van der Waals surface area contributed by atoms with Gasteiger partial charge in [-0.15, -0.1) is 0 Å². The SMILES string of the molecule is O=P([O-])([O-])C(CCCc1cccc(Oc2ccc(-c3ccco3)cc2)c1)S(=O)(=O)[O-]. The van der Waals surface area contributed by atoms with Crippen molar-refractivity contribution in [3.8, 4) is 22.8 Å². The fourth-order valence-corrected chi connectivity index (χ4v) is 5.19. The van der Waals surface area contributed by atoms with Gasteiger partial charge in [0.1, 0.15) is 27.4 Å². The molecule has 0 amide bonds. The molecule has 0 saturated heterocycles. The van der Waals surface area contributed by atoms with Gasteiger partial charge in [0, 0.05) is 5.56 Å². The molecular formula is C20H18O8PS-3. The van der Waals surface area contributed by atoms with E-state index in [0.717, 1.165) is 16.9 Å². The van der Waals surface area contributed by atoms with E-state index in [9.17, 15) is 27.3 Å². The fraction of sp³-hybridized carbons (Fsp3) is 0.200. The third kappa shape index (κ3) is 6.04. The molecule has 0 bridgehead atoms. The minimum atomic E-state index is -5.53. The predicted octanol–water partition coefficient (Wildman–Crippen LogP) is 2.85. The highest BCUT2D eigenvalue weighted by Gasteiger charge is 2.20. The van der Waals surface area contributed by atoms with Crippen LogP contribution in [0.4, 0.5) is 0 Å². The summed E-state index contributed by atoms with van der Waals surface area (Å²) in [6.45, 7) is 0. The molecule has 2 aromatic carbocycles. The minimum absolute atomic E-state index is 0.0436. The van der Waals surface area contributed by atoms with E-state index in [1.807, 2.05) is 18.2 Å². The average molecular weight is 449 g/mol. The van der Waals surface area contributed by atoms with E-state index >= 15 is 0 Å². The van der Waals surface area contributed by atoms with Crippen LogP contribution in [0.5, 0.6) is 11.5 Å². The smallest absolute Gasteiger partial charge is 0.133 e. The Hall–Kier alpha value is -2.42. The van der Waals surface area contributed by atoms with Gasteiger partial charge in [0.15, 0.2) is 0 Å². The summed E-state index contributed by atoms with van der Waals surface area (Å²) in [6.07, 6.45) is 1.37. The van der Waals surface area contributed by atoms with Crippen molar-refractivity contribution in [1.29, 1.82) is 0 Å². The first-order valence-electron chi connectivity index (χ1n) is 9.00. The van der Waals surface area contributed by atoms with Crippen molar-refractivity contribution in [2.45, 2.75) is 24.3 Å². The van der Waals surface area contributed by atoms with Gasteiger partial charge in [-0.05, 0) is 73.4 Å². The molecule has 0 aliphatic rings. The molecular weight excluding hydrogens is 431 g/mol. The van der Waals surface area contributed by atoms with Crippen LogP contribution >= 0.6 is 7.60 Å². The molecule has 30 heavy (non-hydrogen) atoms. The second-order valence-electron chi connectivity index (χ2n) is 6.63. The summed E-state index contributed by atoms with van der Waals surface area (Å²) >= 11 is 0. The van der Waals surface area contributed by atoms with Crippen molar-refractivity contribution in [3.63, 3.8) is 0 Å². The van der Waals surface area contributed by atoms with Gasteiger partial charge < -0.3 is 28.1 Å². The lowest BCUT2D eigenvalue weighted by atomic mass is 10.1. The van der Waals surface area contributed by atoms with Gasteiger partial charge in [0.25, 0.3) is 0 Å². The zero-order chi connectivity index (χ0) is 21.8. The number of benzene rings is 2. The van der Waals surface area contributed by atoms with Crippen molar-refractivity contribution in [2.75, 3.05) is 0 Å². The highest BCUT2D eigenvalue weighted by atomic mass is 32.2. The van der Waals surface area contributed by atoms with Gasteiger partial charge in [0.05, 0.1) is 11.3 Å². The molecule has 0 fully saturated rings. The summed E-state index contributed by atoms with van der Waals surface area (Å²) < 4.78 is 55.3. The van der Waals surface area contributed by atoms with Gasteiger partial charge in [-0.25, -0.2) is 8.42 Å². The van der Waals surface area contributed by atoms with Crippen molar-refractivity contribution in [2.24, 2.45) is 0 Å². The van der Waals surface area contributed by atoms with E-state index in [-0.39, 0.29) is 12.8 Å². The molecule has 160 valence electrons. The van der Waals surface area contributed by atoms with E-state index < -0.39 is 29.1 Å². The molecule has 8 nitrogen and oxygen atoms in total. The zero-order valence-electron chi connectivity index (χ0n) is 15.7. The molecule has 0 N–H and O–H groups in total. The van der Waals surface area contributed by atoms with Gasteiger partial charge in [-0.1, -0.05) is 19.7 Å². The summed E-state index contributed by atoms with van der Waals surface area (Å²) in [5, 5.41) is 0. The number of furan rings is 1. The highest BCUT2D eigenvalue weighted by molar-refractivity contribution is 7.93. The maximum atomic E-state index is 11.0. The van der Waals surface area contributed by atoms with Crippen LogP contribution in [0.1, 0.15) is 18.4 Å². The van der Waals surface area contributed by atoms with Crippen LogP contribution < -0.4 is 14.5 Å². The number of aryl methyl sites for hydroxylation is 1. The Morgan fingerprint density at radius 1 is 1.00 bits per heavy atom. The lowest BCUT2D eigenvalue weighted by Crippen LogP contribution is -2.32. The van der Waals surface area contributed by atoms with Gasteiger partial charge >= 0.3 is 0 Å². The van der Waals surface area contributed by atoms with Crippen LogP contribution in [0.2, 0.25) is 0 Å². The third-order valence-electron chi connectivity index (χ3n) is 4.40. The van der Waals surface area contributed by atoms with Crippen LogP contribution in [-0.4, -0.2) is 18.0 Å². The Labute approximate surface area is 174 Å². The molecule has 1 aromatic heterocycles. The zero-order valence-corrected chi connectivity index (χ0v) is 17.4. The molecule has 1 atom stereocenters. The number of ether oxygens (including phenoxy) is 1. The molecule has 0 saturated carbocycles. The highest BCUT2D eigenvalue weighted by Crippen LogP contribution is 2.38. The van der Waals surface area contributed by atoms with E-state index in [4.69, 9.17) is 9.15 Å². The first kappa shape index (κ1) is 22.3. The molecule has 10 heteroatoms. The molecule has 0 aliphatic heterocycles. The van der Waals surface area contributed by atoms with Crippen molar-refractivity contribution in [1.82, 2.24) is 0 Å². The van der Waals surface area contributed by atoms with Crippen LogP contribution in [-0.2, 0) is 21.1 Å². The van der Waals surface area contributed by atoms with Crippen LogP contribution in [0.25, 0.3) is 11.3 Å². The molecule has 1 unspecified atom stereocenters. The largest absolute Gasteiger partial charge is 0.810 e. The summed E-state index contributed by atoms with van der Waals surface area (Å²) in [6, 6.07) is 17.9. The maximum Gasteiger partial charge on any atom is 0.133 e. The van der Waals surface area contributed by atoms with E-state index in [0.29, 0.717) is 11.5 Å². The molecule has 3 rings (SSSR count). The minimum Gasteiger partial charge on any atom is -0.810 e. The summed E-state index contributed by atoms with van der Waals surface area (Å²) in [5.41, 5.74) is 1.64. The first-order chi connectivity index (χ1) is 14.1. The second kappa shape index (κ2) is 9.16. The van der Waals surface area contributed by atoms with Gasteiger partial charge in [0.2, 0.25) is 0 Å². The molecule has 3 aromatic rings. The average Bonchev–Trinajstić information content (AvgIpc) is 3.19. The first-order valence-corrected chi connectivity index (χ1v) is 12.1. The Balaban J connectivity index is 1.61.